The first-order valence-corrected chi connectivity index (χ1v) is 4.16. The van der Waals surface area contributed by atoms with Crippen molar-refractivity contribution in [3.63, 3.8) is 0 Å². The van der Waals surface area contributed by atoms with Crippen LogP contribution < -0.4 is 5.32 Å². The second kappa shape index (κ2) is 4.97. The molecule has 0 atom stereocenters. The second-order valence-electron chi connectivity index (χ2n) is 3.36. The van der Waals surface area contributed by atoms with Crippen LogP contribution in [-0.4, -0.2) is 19.5 Å². The molecule has 0 spiro atoms. The Bertz CT molecular complexity index is 120. The van der Waals surface area contributed by atoms with Gasteiger partial charge in [-0.25, -0.2) is 8.78 Å². The summed E-state index contributed by atoms with van der Waals surface area (Å²) in [6.07, 6.45) is 1.51. The molecule has 1 aliphatic carbocycles. The number of nitrogens with one attached hydrogen (secondary N) is 1. The molecule has 0 heterocycles. The van der Waals surface area contributed by atoms with Crippen molar-refractivity contribution in [3.8, 4) is 0 Å². The van der Waals surface area contributed by atoms with Crippen LogP contribution >= 0.6 is 12.4 Å². The normalized spacial score (nSPS) is 23.2. The number of halogens is 3. The summed E-state index contributed by atoms with van der Waals surface area (Å²) in [6.45, 7) is 0.885. The molecule has 74 valence electrons. The van der Waals surface area contributed by atoms with Crippen molar-refractivity contribution in [3.05, 3.63) is 0 Å². The van der Waals surface area contributed by atoms with E-state index in [0.29, 0.717) is 18.8 Å². The van der Waals surface area contributed by atoms with Gasteiger partial charge in [0.1, 0.15) is 0 Å². The predicted molar refractivity (Wildman–Crippen MR) is 48.1 cm³/mol. The highest BCUT2D eigenvalue weighted by molar-refractivity contribution is 5.85. The second-order valence-corrected chi connectivity index (χ2v) is 3.36. The third-order valence-corrected chi connectivity index (χ3v) is 2.33. The van der Waals surface area contributed by atoms with Gasteiger partial charge in [0.05, 0.1) is 0 Å². The van der Waals surface area contributed by atoms with Crippen molar-refractivity contribution in [1.82, 2.24) is 5.32 Å². The van der Waals surface area contributed by atoms with E-state index in [9.17, 15) is 8.78 Å². The van der Waals surface area contributed by atoms with E-state index in [1.54, 1.807) is 0 Å². The average molecular weight is 200 g/mol. The highest BCUT2D eigenvalue weighted by atomic mass is 35.5. The quantitative estimate of drug-likeness (QED) is 0.721. The third kappa shape index (κ3) is 3.68. The van der Waals surface area contributed by atoms with Gasteiger partial charge in [-0.05, 0) is 32.4 Å². The molecular formula is C8H16ClF2N. The van der Waals surface area contributed by atoms with Crippen LogP contribution in [0.15, 0.2) is 0 Å². The highest BCUT2D eigenvalue weighted by Crippen LogP contribution is 2.35. The van der Waals surface area contributed by atoms with Crippen molar-refractivity contribution in [2.24, 2.45) is 5.92 Å². The zero-order valence-corrected chi connectivity index (χ0v) is 8.09. The minimum atomic E-state index is -2.37. The summed E-state index contributed by atoms with van der Waals surface area (Å²) in [5, 5.41) is 3.02. The number of hydrogen-bond acceptors (Lipinski definition) is 1. The fourth-order valence-electron chi connectivity index (χ4n) is 1.59. The predicted octanol–water partition coefficient (Wildman–Crippen LogP) is 2.45. The minimum Gasteiger partial charge on any atom is -0.319 e. The van der Waals surface area contributed by atoms with Crippen molar-refractivity contribution in [1.29, 1.82) is 0 Å². The van der Waals surface area contributed by atoms with E-state index in [-0.39, 0.29) is 25.2 Å². The smallest absolute Gasteiger partial charge is 0.248 e. The molecule has 1 saturated carbocycles. The molecule has 1 fully saturated rings. The Hall–Kier alpha value is 0.110. The van der Waals surface area contributed by atoms with Gasteiger partial charge in [0.25, 0.3) is 0 Å². The molecule has 0 aliphatic heterocycles. The van der Waals surface area contributed by atoms with Crippen LogP contribution in [0.5, 0.6) is 0 Å². The lowest BCUT2D eigenvalue weighted by molar-refractivity contribution is -0.0453. The summed E-state index contributed by atoms with van der Waals surface area (Å²) in [5.74, 6) is -1.90. The first-order valence-electron chi connectivity index (χ1n) is 4.16. The van der Waals surface area contributed by atoms with Gasteiger partial charge < -0.3 is 5.32 Å². The van der Waals surface area contributed by atoms with E-state index in [4.69, 9.17) is 0 Å². The van der Waals surface area contributed by atoms with Gasteiger partial charge in [-0.3, -0.25) is 0 Å². The lowest BCUT2D eigenvalue weighted by Gasteiger charge is -2.27. The van der Waals surface area contributed by atoms with E-state index in [1.165, 1.54) is 0 Å². The fourth-order valence-corrected chi connectivity index (χ4v) is 1.59. The molecule has 4 heteroatoms. The summed E-state index contributed by atoms with van der Waals surface area (Å²) in [5.41, 5.74) is 0. The topological polar surface area (TPSA) is 12.0 Å². The van der Waals surface area contributed by atoms with E-state index in [0.717, 1.165) is 6.54 Å². The van der Waals surface area contributed by atoms with Crippen LogP contribution in [0.4, 0.5) is 8.78 Å². The molecule has 0 aromatic heterocycles. The summed E-state index contributed by atoms with van der Waals surface area (Å²) in [6, 6.07) is 0. The monoisotopic (exact) mass is 199 g/mol. The molecule has 0 amide bonds. The number of hydrogen-bond donors (Lipinski definition) is 1. The molecule has 1 rings (SSSR count). The van der Waals surface area contributed by atoms with Gasteiger partial charge >= 0.3 is 0 Å². The number of alkyl halides is 2. The van der Waals surface area contributed by atoms with Gasteiger partial charge in [-0.2, -0.15) is 0 Å². The van der Waals surface area contributed by atoms with Crippen LogP contribution in [0.3, 0.4) is 0 Å². The van der Waals surface area contributed by atoms with Crippen LogP contribution in [0.2, 0.25) is 0 Å². The molecule has 0 bridgehead atoms. The Balaban J connectivity index is 0.00000121. The van der Waals surface area contributed by atoms with E-state index < -0.39 is 5.92 Å². The summed E-state index contributed by atoms with van der Waals surface area (Å²) >= 11 is 0. The average Bonchev–Trinajstić information content (AvgIpc) is 1.94. The molecule has 0 aromatic carbocycles. The molecule has 1 nitrogen and oxygen atoms in total. The van der Waals surface area contributed by atoms with E-state index >= 15 is 0 Å². The van der Waals surface area contributed by atoms with Gasteiger partial charge in [-0.15, -0.1) is 12.4 Å². The maximum atomic E-state index is 12.6. The molecule has 0 unspecified atom stereocenters. The molecule has 0 radical (unpaired) electrons. The molecule has 0 aromatic rings. The molecular weight excluding hydrogens is 184 g/mol. The van der Waals surface area contributed by atoms with Gasteiger partial charge in [0.15, 0.2) is 0 Å². The Morgan fingerprint density at radius 2 is 1.83 bits per heavy atom. The maximum Gasteiger partial charge on any atom is 0.248 e. The lowest BCUT2D eigenvalue weighted by Crippen LogP contribution is -2.29. The zero-order chi connectivity index (χ0) is 8.32. The summed E-state index contributed by atoms with van der Waals surface area (Å²) in [7, 11) is 1.87. The van der Waals surface area contributed by atoms with Gasteiger partial charge in [0, 0.05) is 12.8 Å². The third-order valence-electron chi connectivity index (χ3n) is 2.33. The van der Waals surface area contributed by atoms with Crippen LogP contribution in [0.1, 0.15) is 25.7 Å². The Labute approximate surface area is 78.3 Å². The largest absolute Gasteiger partial charge is 0.319 e. The first kappa shape index (κ1) is 12.1. The summed E-state index contributed by atoms with van der Waals surface area (Å²) < 4.78 is 25.2. The van der Waals surface area contributed by atoms with Crippen LogP contribution in [0.25, 0.3) is 0 Å². The molecule has 0 saturated heterocycles. The minimum absolute atomic E-state index is 0. The zero-order valence-electron chi connectivity index (χ0n) is 7.28. The Kier molecular flexibility index (Phi) is 5.02. The summed E-state index contributed by atoms with van der Waals surface area (Å²) in [4.78, 5) is 0. The van der Waals surface area contributed by atoms with Crippen LogP contribution in [0, 0.1) is 5.92 Å². The fraction of sp³-hybridized carbons (Fsp3) is 1.00. The van der Waals surface area contributed by atoms with Crippen LogP contribution in [-0.2, 0) is 0 Å². The van der Waals surface area contributed by atoms with Crippen molar-refractivity contribution in [2.45, 2.75) is 31.6 Å². The first-order chi connectivity index (χ1) is 5.14. The van der Waals surface area contributed by atoms with Gasteiger partial charge in [-0.1, -0.05) is 0 Å². The van der Waals surface area contributed by atoms with E-state index in [1.807, 2.05) is 7.05 Å². The van der Waals surface area contributed by atoms with Crippen molar-refractivity contribution >= 4 is 12.4 Å². The highest BCUT2D eigenvalue weighted by Gasteiger charge is 2.34. The Morgan fingerprint density at radius 3 is 2.25 bits per heavy atom. The SMILES string of the molecule is CNCC1CCC(F)(F)CC1.Cl. The number of rotatable bonds is 2. The molecule has 1 aliphatic rings. The molecule has 1 N–H and O–H groups in total. The van der Waals surface area contributed by atoms with Crippen molar-refractivity contribution < 1.29 is 8.78 Å². The van der Waals surface area contributed by atoms with E-state index in [2.05, 4.69) is 5.32 Å². The maximum absolute atomic E-state index is 12.6. The van der Waals surface area contributed by atoms with Gasteiger partial charge in [0.2, 0.25) is 5.92 Å². The lowest BCUT2D eigenvalue weighted by atomic mass is 9.87. The standard InChI is InChI=1S/C8H15F2N.ClH/c1-11-6-7-2-4-8(9,10)5-3-7;/h7,11H,2-6H2,1H3;1H. The van der Waals surface area contributed by atoms with Crippen molar-refractivity contribution in [2.75, 3.05) is 13.6 Å². The Morgan fingerprint density at radius 1 is 1.33 bits per heavy atom. The molecule has 12 heavy (non-hydrogen) atoms.